The van der Waals surface area contributed by atoms with Crippen LogP contribution in [0.1, 0.15) is 11.1 Å². The molecule has 3 aromatic rings. The normalized spacial score (nSPS) is 15.6. The van der Waals surface area contributed by atoms with E-state index in [1.807, 2.05) is 0 Å². The van der Waals surface area contributed by atoms with Crippen LogP contribution >= 0.6 is 0 Å². The molecule has 0 radical (unpaired) electrons. The molecule has 2 N–H and O–H groups in total. The number of nitrogens with one attached hydrogen (secondary N) is 1. The Morgan fingerprint density at radius 2 is 2.03 bits per heavy atom. The molecular weight excluding hydrogens is 420 g/mol. The second-order valence-electron chi connectivity index (χ2n) is 9.74. The molecule has 1 unspecified atom stereocenters. The first-order valence-electron chi connectivity index (χ1n) is 11.3. The minimum Gasteiger partial charge on any atom is -0.390 e. The average molecular weight is 455 g/mol. The largest absolute Gasteiger partial charge is 0.390 e. The maximum Gasteiger partial charge on any atom is 0.175 e. The lowest BCUT2D eigenvalue weighted by molar-refractivity contribution is 0.0818. The van der Waals surface area contributed by atoms with Crippen molar-refractivity contribution in [3.63, 3.8) is 0 Å². The van der Waals surface area contributed by atoms with Gasteiger partial charge in [-0.25, -0.2) is 14.6 Å². The van der Waals surface area contributed by atoms with Gasteiger partial charge in [0.15, 0.2) is 5.82 Å². The third-order valence-corrected chi connectivity index (χ3v) is 7.51. The molecule has 172 valence electrons. The lowest BCUT2D eigenvalue weighted by Crippen LogP contribution is -2.39. The Bertz CT molecular complexity index is 1030. The topological polar surface area (TPSA) is 88.3 Å². The van der Waals surface area contributed by atoms with Crippen LogP contribution in [0.3, 0.4) is 0 Å². The summed E-state index contributed by atoms with van der Waals surface area (Å²) in [6.45, 7) is 11.0. The molecule has 32 heavy (non-hydrogen) atoms. The number of fused-ring (bicyclic) bond motifs is 2. The van der Waals surface area contributed by atoms with Gasteiger partial charge in [0.05, 0.1) is 12.3 Å². The zero-order chi connectivity index (χ0) is 22.6. The summed E-state index contributed by atoms with van der Waals surface area (Å²) < 4.78 is 7.66. The fourth-order valence-corrected chi connectivity index (χ4v) is 4.71. The standard InChI is InChI=1S/C23H34N6O2Si/c1-32(2,3)11-10-31-17-29-21-13-24-16-26-22(21)23(27-29)25-12-20(30)15-28-9-8-18-6-4-5-7-19(18)14-28/h4-7,13,16,20,30H,8-12,14-15,17H2,1-3H3,(H,25,27). The Morgan fingerprint density at radius 1 is 1.22 bits per heavy atom. The minimum absolute atomic E-state index is 0.367. The van der Waals surface area contributed by atoms with Crippen LogP contribution in [0.2, 0.25) is 25.7 Å². The van der Waals surface area contributed by atoms with Crippen molar-refractivity contribution >= 4 is 24.9 Å². The van der Waals surface area contributed by atoms with Crippen LogP contribution in [-0.2, 0) is 24.4 Å². The van der Waals surface area contributed by atoms with Gasteiger partial charge in [-0.15, -0.1) is 0 Å². The average Bonchev–Trinajstić information content (AvgIpc) is 3.12. The fraction of sp³-hybridized carbons (Fsp3) is 0.522. The number of anilines is 1. The van der Waals surface area contributed by atoms with Crippen LogP contribution in [0.4, 0.5) is 5.82 Å². The minimum atomic E-state index is -1.13. The van der Waals surface area contributed by atoms with Crippen LogP contribution in [0, 0.1) is 0 Å². The van der Waals surface area contributed by atoms with Crippen molar-refractivity contribution in [3.8, 4) is 0 Å². The zero-order valence-electron chi connectivity index (χ0n) is 19.3. The SMILES string of the molecule is C[Si](C)(C)CCOCn1nc(NCC(O)CN2CCc3ccccc3C2)c2ncncc21. The van der Waals surface area contributed by atoms with Gasteiger partial charge >= 0.3 is 0 Å². The van der Waals surface area contributed by atoms with E-state index >= 15 is 0 Å². The van der Waals surface area contributed by atoms with Gasteiger partial charge in [-0.1, -0.05) is 43.9 Å². The number of benzene rings is 1. The number of aliphatic hydroxyl groups is 1. The Hall–Kier alpha value is -2.33. The molecule has 0 saturated carbocycles. The summed E-state index contributed by atoms with van der Waals surface area (Å²) in [5.41, 5.74) is 4.34. The van der Waals surface area contributed by atoms with Crippen molar-refractivity contribution < 1.29 is 9.84 Å². The molecule has 3 heterocycles. The van der Waals surface area contributed by atoms with E-state index in [4.69, 9.17) is 4.74 Å². The highest BCUT2D eigenvalue weighted by Gasteiger charge is 2.19. The molecule has 8 nitrogen and oxygen atoms in total. The first-order chi connectivity index (χ1) is 15.4. The molecule has 0 amide bonds. The molecule has 1 aliphatic heterocycles. The van der Waals surface area contributed by atoms with Crippen molar-refractivity contribution in [2.24, 2.45) is 0 Å². The fourth-order valence-electron chi connectivity index (χ4n) is 3.95. The maximum atomic E-state index is 10.6. The van der Waals surface area contributed by atoms with E-state index in [-0.39, 0.29) is 0 Å². The van der Waals surface area contributed by atoms with Gasteiger partial charge in [-0.3, -0.25) is 4.90 Å². The summed E-state index contributed by atoms with van der Waals surface area (Å²) in [4.78, 5) is 10.8. The number of aliphatic hydroxyl groups excluding tert-OH is 1. The molecule has 4 rings (SSSR count). The van der Waals surface area contributed by atoms with E-state index in [1.54, 1.807) is 10.9 Å². The van der Waals surface area contributed by atoms with Gasteiger partial charge in [0.25, 0.3) is 0 Å². The van der Waals surface area contributed by atoms with Crippen LogP contribution in [-0.4, -0.2) is 70.2 Å². The third kappa shape index (κ3) is 5.92. The van der Waals surface area contributed by atoms with E-state index in [1.165, 1.54) is 17.5 Å². The molecule has 2 aromatic heterocycles. The van der Waals surface area contributed by atoms with Gasteiger partial charge in [-0.05, 0) is 23.6 Å². The lowest BCUT2D eigenvalue weighted by Gasteiger charge is -2.30. The number of nitrogens with zero attached hydrogens (tertiary/aromatic N) is 5. The quantitative estimate of drug-likeness (QED) is 0.360. The summed E-state index contributed by atoms with van der Waals surface area (Å²) >= 11 is 0. The van der Waals surface area contributed by atoms with E-state index in [0.29, 0.717) is 25.6 Å². The summed E-state index contributed by atoms with van der Waals surface area (Å²) in [6.07, 6.45) is 3.80. The Labute approximate surface area is 190 Å². The molecule has 0 aliphatic carbocycles. The highest BCUT2D eigenvalue weighted by molar-refractivity contribution is 6.76. The number of ether oxygens (including phenoxy) is 1. The van der Waals surface area contributed by atoms with E-state index in [2.05, 4.69) is 69.2 Å². The maximum absolute atomic E-state index is 10.6. The van der Waals surface area contributed by atoms with Gasteiger partial charge in [0, 0.05) is 40.9 Å². The summed E-state index contributed by atoms with van der Waals surface area (Å²) in [5, 5.41) is 18.6. The van der Waals surface area contributed by atoms with Crippen molar-refractivity contribution in [1.82, 2.24) is 24.6 Å². The lowest BCUT2D eigenvalue weighted by atomic mass is 10.00. The summed E-state index contributed by atoms with van der Waals surface area (Å²) in [7, 11) is -1.13. The number of aromatic nitrogens is 4. The Morgan fingerprint density at radius 3 is 2.84 bits per heavy atom. The van der Waals surface area contributed by atoms with Crippen molar-refractivity contribution in [3.05, 3.63) is 47.9 Å². The number of hydrogen-bond acceptors (Lipinski definition) is 7. The van der Waals surface area contributed by atoms with Gasteiger partial charge in [0.2, 0.25) is 0 Å². The predicted octanol–water partition coefficient (Wildman–Crippen LogP) is 2.97. The van der Waals surface area contributed by atoms with Gasteiger partial charge in [-0.2, -0.15) is 5.10 Å². The highest BCUT2D eigenvalue weighted by Crippen LogP contribution is 2.21. The second-order valence-corrected chi connectivity index (χ2v) is 15.4. The number of rotatable bonds is 10. The third-order valence-electron chi connectivity index (χ3n) is 5.81. The number of β-amino-alcohol motifs (C(OH)–C–C–N with tert-alkyl or cyclic N) is 1. The van der Waals surface area contributed by atoms with Crippen molar-refractivity contribution in [1.29, 1.82) is 0 Å². The van der Waals surface area contributed by atoms with Gasteiger partial charge < -0.3 is 15.2 Å². The van der Waals surface area contributed by atoms with Crippen molar-refractivity contribution in [2.75, 3.05) is 31.6 Å². The van der Waals surface area contributed by atoms with Crippen LogP contribution in [0.15, 0.2) is 36.8 Å². The smallest absolute Gasteiger partial charge is 0.175 e. The van der Waals surface area contributed by atoms with Crippen LogP contribution in [0.5, 0.6) is 0 Å². The Kier molecular flexibility index (Phi) is 7.19. The van der Waals surface area contributed by atoms with Crippen molar-refractivity contribution in [2.45, 2.75) is 51.5 Å². The molecule has 1 aliphatic rings. The van der Waals surface area contributed by atoms with E-state index < -0.39 is 14.2 Å². The molecule has 9 heteroatoms. The molecule has 0 fully saturated rings. The first kappa shape index (κ1) is 22.8. The highest BCUT2D eigenvalue weighted by atomic mass is 28.3. The van der Waals surface area contributed by atoms with Gasteiger partial charge in [0.1, 0.15) is 24.1 Å². The van der Waals surface area contributed by atoms with E-state index in [9.17, 15) is 5.11 Å². The molecule has 1 aromatic carbocycles. The summed E-state index contributed by atoms with van der Waals surface area (Å²) in [6, 6.07) is 9.66. The first-order valence-corrected chi connectivity index (χ1v) is 15.0. The summed E-state index contributed by atoms with van der Waals surface area (Å²) in [5.74, 6) is 0.652. The van der Waals surface area contributed by atoms with Crippen LogP contribution in [0.25, 0.3) is 11.0 Å². The molecule has 0 saturated heterocycles. The molecule has 1 atom stereocenters. The predicted molar refractivity (Wildman–Crippen MR) is 129 cm³/mol. The monoisotopic (exact) mass is 454 g/mol. The molecular formula is C23H34N6O2Si. The number of hydrogen-bond donors (Lipinski definition) is 2. The van der Waals surface area contributed by atoms with Crippen LogP contribution < -0.4 is 5.32 Å². The molecule has 0 bridgehead atoms. The Balaban J connectivity index is 1.33. The second kappa shape index (κ2) is 10.1. The van der Waals surface area contributed by atoms with E-state index in [0.717, 1.165) is 43.2 Å². The zero-order valence-corrected chi connectivity index (χ0v) is 20.3. The molecule has 0 spiro atoms.